The Bertz CT molecular complexity index is 340. The second kappa shape index (κ2) is 9.23. The average molecular weight is 322 g/mol. The molecule has 0 saturated carbocycles. The van der Waals surface area contributed by atoms with Crippen molar-refractivity contribution in [3.63, 3.8) is 0 Å². The molecule has 1 saturated heterocycles. The van der Waals surface area contributed by atoms with Gasteiger partial charge < -0.3 is 20.7 Å². The van der Waals surface area contributed by atoms with E-state index in [1.807, 2.05) is 18.7 Å². The predicted molar refractivity (Wildman–Crippen MR) is 84.3 cm³/mol. The lowest BCUT2D eigenvalue weighted by atomic mass is 9.80. The number of nitrogens with one attached hydrogen (secondary N) is 1. The number of ether oxygens (including phenoxy) is 1. The first-order chi connectivity index (χ1) is 9.49. The van der Waals surface area contributed by atoms with Crippen molar-refractivity contribution < 1.29 is 14.3 Å². The number of carbonyl (C=O) groups excluding carboxylic acids is 2. The van der Waals surface area contributed by atoms with E-state index in [0.29, 0.717) is 32.8 Å². The third-order valence-corrected chi connectivity index (χ3v) is 4.20. The minimum atomic E-state index is -0.462. The van der Waals surface area contributed by atoms with Crippen molar-refractivity contribution in [2.75, 3.05) is 32.8 Å². The SMILES string of the molecule is CCC(CC)(CN)C(=O)N1CCOC(CNC(C)=O)C1.Cl. The van der Waals surface area contributed by atoms with Gasteiger partial charge in [-0.05, 0) is 12.8 Å². The van der Waals surface area contributed by atoms with Crippen molar-refractivity contribution in [3.8, 4) is 0 Å². The van der Waals surface area contributed by atoms with E-state index >= 15 is 0 Å². The number of halogens is 1. The van der Waals surface area contributed by atoms with E-state index < -0.39 is 5.41 Å². The number of morpholine rings is 1. The van der Waals surface area contributed by atoms with Crippen molar-refractivity contribution >= 4 is 24.2 Å². The van der Waals surface area contributed by atoms with E-state index in [1.54, 1.807) is 0 Å². The number of nitrogens with zero attached hydrogens (tertiary/aromatic N) is 1. The molecule has 0 spiro atoms. The molecule has 6 nitrogen and oxygen atoms in total. The Kier molecular flexibility index (Phi) is 8.85. The Morgan fingerprint density at radius 2 is 2.00 bits per heavy atom. The van der Waals surface area contributed by atoms with E-state index in [1.165, 1.54) is 6.92 Å². The molecule has 0 aromatic heterocycles. The van der Waals surface area contributed by atoms with Crippen molar-refractivity contribution in [2.45, 2.75) is 39.7 Å². The molecule has 7 heteroatoms. The van der Waals surface area contributed by atoms with Gasteiger partial charge in [0.05, 0.1) is 18.1 Å². The molecule has 1 aliphatic heterocycles. The average Bonchev–Trinajstić information content (AvgIpc) is 2.47. The van der Waals surface area contributed by atoms with Gasteiger partial charge in [0.15, 0.2) is 0 Å². The summed E-state index contributed by atoms with van der Waals surface area (Å²) < 4.78 is 5.58. The molecule has 0 bridgehead atoms. The molecule has 0 radical (unpaired) electrons. The lowest BCUT2D eigenvalue weighted by Crippen LogP contribution is -2.55. The molecular weight excluding hydrogens is 294 g/mol. The highest BCUT2D eigenvalue weighted by atomic mass is 35.5. The minimum Gasteiger partial charge on any atom is -0.373 e. The van der Waals surface area contributed by atoms with Crippen LogP contribution in [0.2, 0.25) is 0 Å². The van der Waals surface area contributed by atoms with Crippen LogP contribution < -0.4 is 11.1 Å². The van der Waals surface area contributed by atoms with Crippen molar-refractivity contribution in [2.24, 2.45) is 11.1 Å². The summed E-state index contributed by atoms with van der Waals surface area (Å²) in [5.41, 5.74) is 5.37. The van der Waals surface area contributed by atoms with Gasteiger partial charge in [0, 0.05) is 33.1 Å². The van der Waals surface area contributed by atoms with Crippen LogP contribution in [-0.4, -0.2) is 55.6 Å². The lowest BCUT2D eigenvalue weighted by Gasteiger charge is -2.39. The fourth-order valence-corrected chi connectivity index (χ4v) is 2.55. The van der Waals surface area contributed by atoms with Gasteiger partial charge in [-0.3, -0.25) is 9.59 Å². The summed E-state index contributed by atoms with van der Waals surface area (Å²) in [4.78, 5) is 25.5. The second-order valence-corrected chi connectivity index (χ2v) is 5.37. The van der Waals surface area contributed by atoms with E-state index in [9.17, 15) is 9.59 Å². The van der Waals surface area contributed by atoms with Gasteiger partial charge in [-0.15, -0.1) is 12.4 Å². The van der Waals surface area contributed by atoms with Crippen molar-refractivity contribution in [3.05, 3.63) is 0 Å². The van der Waals surface area contributed by atoms with Gasteiger partial charge in [0.1, 0.15) is 0 Å². The van der Waals surface area contributed by atoms with E-state index in [-0.39, 0.29) is 30.3 Å². The summed E-state index contributed by atoms with van der Waals surface area (Å²) in [6.45, 7) is 7.90. The van der Waals surface area contributed by atoms with Crippen LogP contribution in [-0.2, 0) is 14.3 Å². The van der Waals surface area contributed by atoms with Crippen LogP contribution in [0.25, 0.3) is 0 Å². The van der Waals surface area contributed by atoms with Crippen LogP contribution in [0.4, 0.5) is 0 Å². The molecule has 1 rings (SSSR count). The number of amides is 2. The molecule has 1 unspecified atom stereocenters. The maximum absolute atomic E-state index is 12.7. The van der Waals surface area contributed by atoms with Crippen molar-refractivity contribution in [1.82, 2.24) is 10.2 Å². The number of nitrogens with two attached hydrogens (primary N) is 1. The van der Waals surface area contributed by atoms with Gasteiger partial charge in [-0.1, -0.05) is 13.8 Å². The number of rotatable bonds is 6. The fraction of sp³-hybridized carbons (Fsp3) is 0.857. The van der Waals surface area contributed by atoms with Crippen LogP contribution >= 0.6 is 12.4 Å². The topological polar surface area (TPSA) is 84.7 Å². The Morgan fingerprint density at radius 3 is 2.48 bits per heavy atom. The summed E-state index contributed by atoms with van der Waals surface area (Å²) in [7, 11) is 0. The second-order valence-electron chi connectivity index (χ2n) is 5.37. The molecule has 3 N–H and O–H groups in total. The normalized spacial score (nSPS) is 18.9. The summed E-state index contributed by atoms with van der Waals surface area (Å²) in [5.74, 6) is 0.0246. The highest BCUT2D eigenvalue weighted by Gasteiger charge is 2.38. The largest absolute Gasteiger partial charge is 0.373 e. The first-order valence-corrected chi connectivity index (χ1v) is 7.34. The molecule has 124 valence electrons. The van der Waals surface area contributed by atoms with E-state index in [0.717, 1.165) is 12.8 Å². The third kappa shape index (κ3) is 5.13. The summed E-state index contributed by atoms with van der Waals surface area (Å²) in [6, 6.07) is 0. The summed E-state index contributed by atoms with van der Waals surface area (Å²) in [6.07, 6.45) is 1.35. The Morgan fingerprint density at radius 1 is 1.38 bits per heavy atom. The molecule has 0 aliphatic carbocycles. The zero-order valence-electron chi connectivity index (χ0n) is 13.2. The van der Waals surface area contributed by atoms with Gasteiger partial charge in [0.2, 0.25) is 11.8 Å². The predicted octanol–water partition coefficient (Wildman–Crippen LogP) is 0.537. The van der Waals surface area contributed by atoms with Crippen LogP contribution in [0.3, 0.4) is 0 Å². The smallest absolute Gasteiger partial charge is 0.230 e. The molecule has 0 aromatic rings. The Hall–Kier alpha value is -0.850. The van der Waals surface area contributed by atoms with E-state index in [4.69, 9.17) is 10.5 Å². The zero-order valence-corrected chi connectivity index (χ0v) is 14.0. The molecule has 0 aromatic carbocycles. The van der Waals surface area contributed by atoms with Crippen molar-refractivity contribution in [1.29, 1.82) is 0 Å². The number of hydrogen-bond donors (Lipinski definition) is 2. The summed E-state index contributed by atoms with van der Waals surface area (Å²) >= 11 is 0. The van der Waals surface area contributed by atoms with Gasteiger partial charge >= 0.3 is 0 Å². The van der Waals surface area contributed by atoms with Crippen LogP contribution in [0.15, 0.2) is 0 Å². The van der Waals surface area contributed by atoms with Gasteiger partial charge in [-0.2, -0.15) is 0 Å². The maximum atomic E-state index is 12.7. The lowest BCUT2D eigenvalue weighted by molar-refractivity contribution is -0.149. The highest BCUT2D eigenvalue weighted by Crippen LogP contribution is 2.28. The highest BCUT2D eigenvalue weighted by molar-refractivity contribution is 5.85. The van der Waals surface area contributed by atoms with Crippen LogP contribution in [0.1, 0.15) is 33.6 Å². The molecule has 1 heterocycles. The molecule has 2 amide bonds. The minimum absolute atomic E-state index is 0. The van der Waals surface area contributed by atoms with Gasteiger partial charge in [0.25, 0.3) is 0 Å². The molecule has 1 fully saturated rings. The molecule has 1 atom stereocenters. The maximum Gasteiger partial charge on any atom is 0.230 e. The molecular formula is C14H28ClN3O3. The first-order valence-electron chi connectivity index (χ1n) is 7.34. The van der Waals surface area contributed by atoms with Crippen LogP contribution in [0.5, 0.6) is 0 Å². The van der Waals surface area contributed by atoms with Crippen LogP contribution in [0, 0.1) is 5.41 Å². The Labute approximate surface area is 133 Å². The van der Waals surface area contributed by atoms with Gasteiger partial charge in [-0.25, -0.2) is 0 Å². The Balaban J connectivity index is 0.00000400. The zero-order chi connectivity index (χ0) is 15.2. The summed E-state index contributed by atoms with van der Waals surface area (Å²) in [5, 5.41) is 2.73. The quantitative estimate of drug-likeness (QED) is 0.747. The number of hydrogen-bond acceptors (Lipinski definition) is 4. The van der Waals surface area contributed by atoms with E-state index in [2.05, 4.69) is 5.32 Å². The standard InChI is InChI=1S/C14H27N3O3.ClH/c1-4-14(5-2,10-15)13(19)17-6-7-20-12(9-17)8-16-11(3)18;/h12H,4-10,15H2,1-3H3,(H,16,18);1H. The molecule has 1 aliphatic rings. The first kappa shape index (κ1) is 20.1. The fourth-order valence-electron chi connectivity index (χ4n) is 2.55. The number of carbonyl (C=O) groups is 2. The molecule has 21 heavy (non-hydrogen) atoms. The third-order valence-electron chi connectivity index (χ3n) is 4.20. The monoisotopic (exact) mass is 321 g/mol.